The van der Waals surface area contributed by atoms with E-state index in [9.17, 15) is 14.0 Å². The Morgan fingerprint density at radius 2 is 1.21 bits per heavy atom. The Bertz CT molecular complexity index is 1690. The van der Waals surface area contributed by atoms with E-state index in [1.54, 1.807) is 18.2 Å². The van der Waals surface area contributed by atoms with Crippen LogP contribution in [-0.4, -0.2) is 15.0 Å². The average molecular weight is 512 g/mol. The normalized spacial score (nSPS) is 15.8. The van der Waals surface area contributed by atoms with Gasteiger partial charge in [-0.3, -0.25) is 15.0 Å². The second-order valence-corrected chi connectivity index (χ2v) is 9.31. The Hall–Kier alpha value is -5.27. The van der Waals surface area contributed by atoms with Crippen molar-refractivity contribution in [1.29, 1.82) is 5.26 Å². The molecule has 0 fully saturated rings. The van der Waals surface area contributed by atoms with Crippen molar-refractivity contribution < 1.29 is 8.78 Å². The van der Waals surface area contributed by atoms with Crippen LogP contribution < -0.4 is 0 Å². The molecule has 2 unspecified atom stereocenters. The molecule has 0 aliphatic carbocycles. The summed E-state index contributed by atoms with van der Waals surface area (Å²) in [5.41, 5.74) is 5.58. The largest absolute Gasteiger partial charge is 0.256 e. The highest BCUT2D eigenvalue weighted by Crippen LogP contribution is 2.36. The maximum atomic E-state index is 14.3. The number of hydrogen-bond donors (Lipinski definition) is 0. The zero-order valence-corrected chi connectivity index (χ0v) is 20.5. The molecule has 0 radical (unpaired) electrons. The molecule has 0 spiro atoms. The summed E-state index contributed by atoms with van der Waals surface area (Å²) in [7, 11) is 0. The van der Waals surface area contributed by atoms with Crippen LogP contribution in [0.3, 0.4) is 0 Å². The molecular weight excluding hydrogens is 492 g/mol. The number of nitrogens with zero attached hydrogens (tertiary/aromatic N) is 5. The molecule has 6 rings (SSSR count). The van der Waals surface area contributed by atoms with Crippen LogP contribution in [0, 0.1) is 29.5 Å². The van der Waals surface area contributed by atoms with Gasteiger partial charge >= 0.3 is 0 Å². The number of hydrogen-bond acceptors (Lipinski definition) is 4. The van der Waals surface area contributed by atoms with Gasteiger partial charge in [-0.15, -0.1) is 0 Å². The molecule has 186 valence electrons. The van der Waals surface area contributed by atoms with Gasteiger partial charge in [-0.1, -0.05) is 30.3 Å². The average Bonchev–Trinajstić information content (AvgIpc) is 2.95. The van der Waals surface area contributed by atoms with Crippen LogP contribution in [-0.2, 0) is 6.42 Å². The highest BCUT2D eigenvalue weighted by atomic mass is 19.1. The summed E-state index contributed by atoms with van der Waals surface area (Å²) < 4.78 is 28.5. The fraction of sp³-hybridized carbons (Fsp3) is 0.0938. The van der Waals surface area contributed by atoms with Crippen LogP contribution in [0.25, 0.3) is 4.85 Å². The smallest absolute Gasteiger partial charge is 0.222 e. The summed E-state index contributed by atoms with van der Waals surface area (Å²) in [5, 5.41) is 9.49. The van der Waals surface area contributed by atoms with Crippen LogP contribution in [0.4, 0.5) is 14.5 Å². The zero-order chi connectivity index (χ0) is 26.9. The second-order valence-electron chi connectivity index (χ2n) is 9.31. The van der Waals surface area contributed by atoms with Gasteiger partial charge in [-0.25, -0.2) is 13.6 Å². The van der Waals surface area contributed by atoms with E-state index in [4.69, 9.17) is 21.5 Å². The molecule has 5 nitrogen and oxygen atoms in total. The molecule has 3 aromatic heterocycles. The van der Waals surface area contributed by atoms with Gasteiger partial charge in [0.15, 0.2) is 0 Å². The SMILES string of the molecule is [C-]#[N+]c1cc(C2c3cccc(n3)Cc3cccc(n3)C(c3ccc(F)c(C#N)c3)c3cccc2n3)ccc1F. The minimum Gasteiger partial charge on any atom is -0.256 e. The van der Waals surface area contributed by atoms with Crippen LogP contribution in [0.2, 0.25) is 0 Å². The number of pyridine rings is 3. The maximum Gasteiger partial charge on any atom is 0.222 e. The quantitative estimate of drug-likeness (QED) is 0.239. The van der Waals surface area contributed by atoms with Gasteiger partial charge in [0.25, 0.3) is 0 Å². The first-order valence-electron chi connectivity index (χ1n) is 12.3. The molecule has 6 bridgehead atoms. The van der Waals surface area contributed by atoms with Crippen molar-refractivity contribution in [2.45, 2.75) is 18.3 Å². The van der Waals surface area contributed by atoms with Crippen LogP contribution in [0.15, 0.2) is 91.0 Å². The maximum absolute atomic E-state index is 14.3. The van der Waals surface area contributed by atoms with Crippen LogP contribution in [0.1, 0.15) is 62.7 Å². The van der Waals surface area contributed by atoms with E-state index in [-0.39, 0.29) is 11.3 Å². The number of nitriles is 1. The molecule has 0 amide bonds. The summed E-state index contributed by atoms with van der Waals surface area (Å²) >= 11 is 0. The summed E-state index contributed by atoms with van der Waals surface area (Å²) in [6.45, 7) is 7.41. The Balaban J connectivity index is 1.63. The molecule has 39 heavy (non-hydrogen) atoms. The van der Waals surface area contributed by atoms with E-state index >= 15 is 0 Å². The summed E-state index contributed by atoms with van der Waals surface area (Å²) in [4.78, 5) is 18.3. The first-order valence-corrected chi connectivity index (χ1v) is 12.3. The van der Waals surface area contributed by atoms with Gasteiger partial charge in [0.2, 0.25) is 5.69 Å². The van der Waals surface area contributed by atoms with E-state index in [1.165, 1.54) is 18.2 Å². The van der Waals surface area contributed by atoms with Gasteiger partial charge in [-0.05, 0) is 71.8 Å². The Morgan fingerprint density at radius 3 is 1.77 bits per heavy atom. The van der Waals surface area contributed by atoms with Crippen molar-refractivity contribution in [2.24, 2.45) is 0 Å². The standard InChI is InChI=1S/C32H19F2N5/c1-36-30-16-20(12-14-25(30)34)32-27-8-3-6-23(38-27)17-22-5-2-7-26(37-22)31(28-9-4-10-29(32)39-28)19-11-13-24(33)21(15-19)18-35/h2-16,31-32H,17H2. The molecule has 2 atom stereocenters. The number of benzene rings is 2. The molecule has 0 N–H and O–H groups in total. The first kappa shape index (κ1) is 24.1. The van der Waals surface area contributed by atoms with E-state index in [2.05, 4.69) is 4.85 Å². The molecule has 4 heterocycles. The van der Waals surface area contributed by atoms with E-state index in [1.807, 2.05) is 60.7 Å². The second kappa shape index (κ2) is 9.89. The lowest BCUT2D eigenvalue weighted by Gasteiger charge is -2.23. The molecular formula is C32H19F2N5. The number of rotatable bonds is 2. The molecule has 0 saturated heterocycles. The Morgan fingerprint density at radius 1 is 0.692 bits per heavy atom. The highest BCUT2D eigenvalue weighted by Gasteiger charge is 2.26. The molecule has 1 aliphatic heterocycles. The fourth-order valence-corrected chi connectivity index (χ4v) is 5.08. The lowest BCUT2D eigenvalue weighted by Crippen LogP contribution is -2.15. The van der Waals surface area contributed by atoms with Crippen molar-refractivity contribution in [3.05, 3.63) is 165 Å². The minimum atomic E-state index is -0.589. The molecule has 0 saturated carbocycles. The monoisotopic (exact) mass is 511 g/mol. The van der Waals surface area contributed by atoms with Gasteiger partial charge in [0.1, 0.15) is 17.7 Å². The van der Waals surface area contributed by atoms with Gasteiger partial charge < -0.3 is 0 Å². The molecule has 1 aliphatic rings. The van der Waals surface area contributed by atoms with E-state index < -0.39 is 23.5 Å². The Labute approximate surface area is 223 Å². The fourth-order valence-electron chi connectivity index (χ4n) is 5.08. The third kappa shape index (κ3) is 4.52. The first-order chi connectivity index (χ1) is 19.0. The zero-order valence-electron chi connectivity index (χ0n) is 20.5. The molecule has 5 aromatic rings. The third-order valence-electron chi connectivity index (χ3n) is 6.86. The predicted molar refractivity (Wildman–Crippen MR) is 141 cm³/mol. The van der Waals surface area contributed by atoms with Crippen molar-refractivity contribution in [2.75, 3.05) is 0 Å². The predicted octanol–water partition coefficient (Wildman–Crippen LogP) is 6.84. The summed E-state index contributed by atoms with van der Waals surface area (Å²) in [6.07, 6.45) is 0.478. The van der Waals surface area contributed by atoms with E-state index in [0.717, 1.165) is 11.4 Å². The molecule has 2 aromatic carbocycles. The van der Waals surface area contributed by atoms with Crippen molar-refractivity contribution >= 4 is 5.69 Å². The lowest BCUT2D eigenvalue weighted by atomic mass is 9.87. The number of aromatic nitrogens is 3. The van der Waals surface area contributed by atoms with Crippen LogP contribution in [0.5, 0.6) is 0 Å². The molecule has 7 heteroatoms. The van der Waals surface area contributed by atoms with Gasteiger partial charge in [-0.2, -0.15) is 5.26 Å². The van der Waals surface area contributed by atoms with Crippen molar-refractivity contribution in [3.63, 3.8) is 0 Å². The number of fused-ring (bicyclic) bond motifs is 6. The summed E-state index contributed by atoms with van der Waals surface area (Å²) in [5.74, 6) is -2.12. The van der Waals surface area contributed by atoms with Gasteiger partial charge in [0.05, 0.1) is 46.7 Å². The third-order valence-corrected chi connectivity index (χ3v) is 6.86. The van der Waals surface area contributed by atoms with Crippen molar-refractivity contribution in [3.8, 4) is 6.07 Å². The number of halogens is 2. The van der Waals surface area contributed by atoms with E-state index in [0.29, 0.717) is 40.3 Å². The van der Waals surface area contributed by atoms with Gasteiger partial charge in [0, 0.05) is 17.8 Å². The highest BCUT2D eigenvalue weighted by molar-refractivity contribution is 5.52. The van der Waals surface area contributed by atoms with Crippen molar-refractivity contribution in [1.82, 2.24) is 15.0 Å². The minimum absolute atomic E-state index is 0.0547. The lowest BCUT2D eigenvalue weighted by molar-refractivity contribution is 0.622. The summed E-state index contributed by atoms with van der Waals surface area (Å²) in [6, 6.07) is 28.0. The topological polar surface area (TPSA) is 66.8 Å². The Kier molecular flexibility index (Phi) is 6.11. The van der Waals surface area contributed by atoms with Crippen LogP contribution >= 0.6 is 0 Å².